The number of carbonyl (C=O) groups is 1. The van der Waals surface area contributed by atoms with Gasteiger partial charge in [-0.15, -0.1) is 0 Å². The Labute approximate surface area is 142 Å². The summed E-state index contributed by atoms with van der Waals surface area (Å²) >= 11 is 0. The first-order valence-electron chi connectivity index (χ1n) is 7.73. The molecule has 0 aromatic heterocycles. The van der Waals surface area contributed by atoms with Gasteiger partial charge in [-0.25, -0.2) is 0 Å². The van der Waals surface area contributed by atoms with Crippen molar-refractivity contribution in [1.29, 1.82) is 0 Å². The van der Waals surface area contributed by atoms with Gasteiger partial charge in [0.05, 0.1) is 14.2 Å². The van der Waals surface area contributed by atoms with Crippen LogP contribution in [0.1, 0.15) is 12.5 Å². The molecule has 2 aromatic carbocycles. The Balaban J connectivity index is 2.09. The lowest BCUT2D eigenvalue weighted by molar-refractivity contribution is -0.121. The fourth-order valence-corrected chi connectivity index (χ4v) is 2.58. The predicted octanol–water partition coefficient (Wildman–Crippen LogP) is 3.25. The summed E-state index contributed by atoms with van der Waals surface area (Å²) in [4.78, 5) is 14.2. The molecule has 0 aliphatic rings. The zero-order chi connectivity index (χ0) is 17.7. The fraction of sp³-hybridized carbons (Fsp3) is 0.316. The van der Waals surface area contributed by atoms with Gasteiger partial charge in [-0.3, -0.25) is 4.79 Å². The second-order valence-corrected chi connectivity index (χ2v) is 5.71. The highest BCUT2D eigenvalue weighted by Gasteiger charge is 2.20. The monoisotopic (exact) mass is 329 g/mol. The molecule has 0 radical (unpaired) electrons. The molecule has 2 aromatic rings. The Kier molecular flexibility index (Phi) is 5.68. The van der Waals surface area contributed by atoms with Crippen molar-refractivity contribution in [3.8, 4) is 17.2 Å². The fourth-order valence-electron chi connectivity index (χ4n) is 2.58. The van der Waals surface area contributed by atoms with E-state index >= 15 is 0 Å². The van der Waals surface area contributed by atoms with Crippen molar-refractivity contribution >= 4 is 11.6 Å². The Morgan fingerprint density at radius 2 is 1.71 bits per heavy atom. The van der Waals surface area contributed by atoms with E-state index in [1.54, 1.807) is 50.4 Å². The molecule has 0 bridgehead atoms. The van der Waals surface area contributed by atoms with Crippen LogP contribution in [0.5, 0.6) is 17.2 Å². The van der Waals surface area contributed by atoms with Crippen molar-refractivity contribution < 1.29 is 19.4 Å². The number of phenolic OH excluding ortho intramolecular Hbond substituents is 1. The molecule has 0 saturated carbocycles. The Morgan fingerprint density at radius 1 is 1.08 bits per heavy atom. The zero-order valence-corrected chi connectivity index (χ0v) is 14.4. The lowest BCUT2D eigenvalue weighted by atomic mass is 9.99. The molecule has 5 nitrogen and oxygen atoms in total. The first-order chi connectivity index (χ1) is 11.5. The molecule has 0 spiro atoms. The summed E-state index contributed by atoms with van der Waals surface area (Å²) in [5.74, 6) is 1.32. The molecule has 2 rings (SSSR count). The van der Waals surface area contributed by atoms with Crippen LogP contribution in [-0.2, 0) is 11.2 Å². The lowest BCUT2D eigenvalue weighted by Gasteiger charge is -2.22. The molecule has 0 heterocycles. The van der Waals surface area contributed by atoms with Gasteiger partial charge >= 0.3 is 0 Å². The SMILES string of the molecule is COc1ccc(CC(C)C(=O)N(C)c2ccc(O)cc2)cc1OC. The van der Waals surface area contributed by atoms with E-state index in [1.807, 2.05) is 25.1 Å². The van der Waals surface area contributed by atoms with Gasteiger partial charge in [0, 0.05) is 18.7 Å². The summed E-state index contributed by atoms with van der Waals surface area (Å²) < 4.78 is 10.5. The Bertz CT molecular complexity index is 697. The predicted molar refractivity (Wildman–Crippen MR) is 93.9 cm³/mol. The number of amides is 1. The van der Waals surface area contributed by atoms with Crippen LogP contribution in [0.3, 0.4) is 0 Å². The largest absolute Gasteiger partial charge is 0.508 e. The summed E-state index contributed by atoms with van der Waals surface area (Å²) in [6, 6.07) is 12.2. The maximum atomic E-state index is 12.6. The smallest absolute Gasteiger partial charge is 0.229 e. The number of nitrogens with zero attached hydrogens (tertiary/aromatic N) is 1. The number of hydrogen-bond acceptors (Lipinski definition) is 4. The van der Waals surface area contributed by atoms with E-state index in [0.29, 0.717) is 17.9 Å². The summed E-state index contributed by atoms with van der Waals surface area (Å²) in [5, 5.41) is 9.35. The Hall–Kier alpha value is -2.69. The van der Waals surface area contributed by atoms with Crippen LogP contribution in [-0.4, -0.2) is 32.3 Å². The van der Waals surface area contributed by atoms with Gasteiger partial charge < -0.3 is 19.5 Å². The summed E-state index contributed by atoms with van der Waals surface area (Å²) in [6.45, 7) is 1.90. The van der Waals surface area contributed by atoms with E-state index < -0.39 is 0 Å². The van der Waals surface area contributed by atoms with E-state index in [9.17, 15) is 9.90 Å². The van der Waals surface area contributed by atoms with Gasteiger partial charge in [0.15, 0.2) is 11.5 Å². The van der Waals surface area contributed by atoms with E-state index in [4.69, 9.17) is 9.47 Å². The van der Waals surface area contributed by atoms with Crippen LogP contribution < -0.4 is 14.4 Å². The van der Waals surface area contributed by atoms with Crippen molar-refractivity contribution in [2.75, 3.05) is 26.2 Å². The first-order valence-corrected chi connectivity index (χ1v) is 7.73. The van der Waals surface area contributed by atoms with Crippen LogP contribution in [0, 0.1) is 5.92 Å². The number of anilines is 1. The third kappa shape index (κ3) is 3.98. The van der Waals surface area contributed by atoms with Gasteiger partial charge in [-0.05, 0) is 48.4 Å². The van der Waals surface area contributed by atoms with Gasteiger partial charge in [0.25, 0.3) is 0 Å². The number of aromatic hydroxyl groups is 1. The highest BCUT2D eigenvalue weighted by molar-refractivity contribution is 5.94. The average molecular weight is 329 g/mol. The van der Waals surface area contributed by atoms with Gasteiger partial charge in [0.1, 0.15) is 5.75 Å². The molecule has 0 aliphatic heterocycles. The van der Waals surface area contributed by atoms with E-state index in [1.165, 1.54) is 0 Å². The minimum absolute atomic E-state index is 0.00970. The van der Waals surface area contributed by atoms with Gasteiger partial charge in [0.2, 0.25) is 5.91 Å². The molecule has 0 aliphatic carbocycles. The maximum Gasteiger partial charge on any atom is 0.229 e. The van der Waals surface area contributed by atoms with Crippen LogP contribution >= 0.6 is 0 Å². The standard InChI is InChI=1S/C19H23NO4/c1-13(11-14-5-10-17(23-3)18(12-14)24-4)19(22)20(2)15-6-8-16(21)9-7-15/h5-10,12-13,21H,11H2,1-4H3. The second-order valence-electron chi connectivity index (χ2n) is 5.71. The number of hydrogen-bond donors (Lipinski definition) is 1. The van der Waals surface area contributed by atoms with E-state index in [2.05, 4.69) is 0 Å². The number of phenols is 1. The van der Waals surface area contributed by atoms with E-state index in [-0.39, 0.29) is 17.6 Å². The molecule has 1 amide bonds. The third-order valence-corrected chi connectivity index (χ3v) is 3.98. The quantitative estimate of drug-likeness (QED) is 0.884. The van der Waals surface area contributed by atoms with Gasteiger partial charge in [-0.1, -0.05) is 13.0 Å². The van der Waals surface area contributed by atoms with E-state index in [0.717, 1.165) is 11.3 Å². The minimum atomic E-state index is -0.193. The van der Waals surface area contributed by atoms with Crippen LogP contribution in [0.4, 0.5) is 5.69 Å². The van der Waals surface area contributed by atoms with Crippen LogP contribution in [0.15, 0.2) is 42.5 Å². The second kappa shape index (κ2) is 7.73. The number of benzene rings is 2. The molecule has 1 atom stereocenters. The van der Waals surface area contributed by atoms with Crippen molar-refractivity contribution in [3.05, 3.63) is 48.0 Å². The van der Waals surface area contributed by atoms with Crippen molar-refractivity contribution in [2.45, 2.75) is 13.3 Å². The topological polar surface area (TPSA) is 59.0 Å². The molecule has 0 fully saturated rings. The van der Waals surface area contributed by atoms with Crippen molar-refractivity contribution in [1.82, 2.24) is 0 Å². The molecule has 5 heteroatoms. The maximum absolute atomic E-state index is 12.6. The third-order valence-electron chi connectivity index (χ3n) is 3.98. The minimum Gasteiger partial charge on any atom is -0.508 e. The molecule has 0 saturated heterocycles. The summed E-state index contributed by atoms with van der Waals surface area (Å²) in [5.41, 5.74) is 1.75. The van der Waals surface area contributed by atoms with Gasteiger partial charge in [-0.2, -0.15) is 0 Å². The van der Waals surface area contributed by atoms with Crippen molar-refractivity contribution in [3.63, 3.8) is 0 Å². The first kappa shape index (κ1) is 17.7. The highest BCUT2D eigenvalue weighted by Crippen LogP contribution is 2.29. The normalized spacial score (nSPS) is 11.7. The molecular weight excluding hydrogens is 306 g/mol. The molecular formula is C19H23NO4. The highest BCUT2D eigenvalue weighted by atomic mass is 16.5. The molecule has 24 heavy (non-hydrogen) atoms. The number of carbonyl (C=O) groups excluding carboxylic acids is 1. The Morgan fingerprint density at radius 3 is 2.29 bits per heavy atom. The molecule has 1 unspecified atom stereocenters. The van der Waals surface area contributed by atoms with Crippen LogP contribution in [0.25, 0.3) is 0 Å². The van der Waals surface area contributed by atoms with Crippen molar-refractivity contribution in [2.24, 2.45) is 5.92 Å². The van der Waals surface area contributed by atoms with Crippen LogP contribution in [0.2, 0.25) is 0 Å². The molecule has 128 valence electrons. The summed E-state index contributed by atoms with van der Waals surface area (Å²) in [7, 11) is 4.92. The zero-order valence-electron chi connectivity index (χ0n) is 14.4. The average Bonchev–Trinajstić information content (AvgIpc) is 2.60. The number of ether oxygens (including phenoxy) is 2. The number of methoxy groups -OCH3 is 2. The summed E-state index contributed by atoms with van der Waals surface area (Å²) in [6.07, 6.45) is 0.599. The number of rotatable bonds is 6. The lowest BCUT2D eigenvalue weighted by Crippen LogP contribution is -2.32. The molecule has 1 N–H and O–H groups in total.